The summed E-state index contributed by atoms with van der Waals surface area (Å²) in [5, 5.41) is 1.17. The van der Waals surface area contributed by atoms with Gasteiger partial charge in [0.1, 0.15) is 0 Å². The topological polar surface area (TPSA) is 92.7 Å². The number of carbonyl (C=O) groups is 1. The molecule has 0 aromatic rings. The summed E-state index contributed by atoms with van der Waals surface area (Å²) in [5.41, 5.74) is 0. The molecule has 20 heavy (non-hydrogen) atoms. The van der Waals surface area contributed by atoms with E-state index >= 15 is 0 Å². The Morgan fingerprint density at radius 3 is 2.45 bits per heavy atom. The van der Waals surface area contributed by atoms with Gasteiger partial charge in [0, 0.05) is 13.5 Å². The van der Waals surface area contributed by atoms with E-state index in [9.17, 15) is 19.1 Å². The van der Waals surface area contributed by atoms with E-state index in [-0.39, 0.29) is 49.9 Å². The molecule has 1 amide bonds. The smallest absolute Gasteiger partial charge is 0.811 e. The summed E-state index contributed by atoms with van der Waals surface area (Å²) in [4.78, 5) is 37.8. The number of amides is 1. The molecule has 112 valence electrons. The maximum Gasteiger partial charge on any atom is 1.00 e. The normalized spacial score (nSPS) is 16.6. The minimum absolute atomic E-state index is 0. The first kappa shape index (κ1) is 20.6. The molecule has 0 heterocycles. The van der Waals surface area contributed by atoms with E-state index in [2.05, 4.69) is 0 Å². The first-order valence-corrected chi connectivity index (χ1v) is 8.53. The molecular formula is C12H23NNaO5P. The second kappa shape index (κ2) is 10.3. The van der Waals surface area contributed by atoms with E-state index < -0.39 is 13.8 Å². The molecule has 8 heteroatoms. The third-order valence-corrected chi connectivity index (χ3v) is 4.20. The quantitative estimate of drug-likeness (QED) is 0.301. The zero-order valence-corrected chi connectivity index (χ0v) is 15.3. The molecule has 0 unspecified atom stereocenters. The predicted octanol–water partition coefficient (Wildman–Crippen LogP) is -2.23. The van der Waals surface area contributed by atoms with Crippen LogP contribution in [0.4, 0.5) is 0 Å². The maximum absolute atomic E-state index is 11.3. The number of rotatable bonds is 7. The molecule has 0 aliphatic heterocycles. The van der Waals surface area contributed by atoms with Gasteiger partial charge in [-0.05, 0) is 31.3 Å². The average Bonchev–Trinajstić information content (AvgIpc) is 2.33. The summed E-state index contributed by atoms with van der Waals surface area (Å²) >= 11 is 0. The molecular weight excluding hydrogens is 292 g/mol. The van der Waals surface area contributed by atoms with Crippen molar-refractivity contribution in [3.8, 4) is 0 Å². The van der Waals surface area contributed by atoms with Crippen LogP contribution >= 0.6 is 7.60 Å². The standard InChI is InChI=1S/C12H24NO5P.Na/c1-11(14)13(8-5-9-19(15,16)17)18-10-12-6-3-2-4-7-12;/h12H,2-10H2,1H3,(H2,15,16,17);/q;+1/p-1. The predicted molar refractivity (Wildman–Crippen MR) is 68.1 cm³/mol. The average molecular weight is 315 g/mol. The Balaban J connectivity index is 0. The summed E-state index contributed by atoms with van der Waals surface area (Å²) in [6.45, 7) is 2.01. The largest absolute Gasteiger partial charge is 1.00 e. The molecule has 1 rings (SSSR count). The fourth-order valence-corrected chi connectivity index (χ4v) is 2.80. The number of nitrogens with zero attached hydrogens (tertiary/aromatic N) is 1. The van der Waals surface area contributed by atoms with Crippen molar-refractivity contribution >= 4 is 13.5 Å². The van der Waals surface area contributed by atoms with Gasteiger partial charge >= 0.3 is 31.0 Å². The fourth-order valence-electron chi connectivity index (χ4n) is 2.27. The minimum atomic E-state index is -4.49. The van der Waals surface area contributed by atoms with Gasteiger partial charge in [-0.2, -0.15) is 0 Å². The summed E-state index contributed by atoms with van der Waals surface area (Å²) < 4.78 is 10.5. The number of hydrogen-bond acceptors (Lipinski definition) is 5. The van der Waals surface area contributed by atoms with Crippen LogP contribution in [0.25, 0.3) is 0 Å². The van der Waals surface area contributed by atoms with Crippen molar-refractivity contribution in [2.45, 2.75) is 45.4 Å². The van der Waals surface area contributed by atoms with Crippen LogP contribution in [0.5, 0.6) is 0 Å². The van der Waals surface area contributed by atoms with Crippen molar-refractivity contribution in [3.63, 3.8) is 0 Å². The first-order chi connectivity index (χ1) is 8.88. The van der Waals surface area contributed by atoms with Gasteiger partial charge in [-0.15, -0.1) is 0 Å². The van der Waals surface area contributed by atoms with Crippen molar-refractivity contribution in [3.05, 3.63) is 0 Å². The van der Waals surface area contributed by atoms with E-state index in [1.54, 1.807) is 0 Å². The van der Waals surface area contributed by atoms with Gasteiger partial charge in [-0.25, -0.2) is 5.06 Å². The molecule has 0 spiro atoms. The van der Waals surface area contributed by atoms with Crippen molar-refractivity contribution in [1.29, 1.82) is 0 Å². The summed E-state index contributed by atoms with van der Waals surface area (Å²) in [5.74, 6) is 0.211. The number of hydroxylamine groups is 2. The van der Waals surface area contributed by atoms with E-state index in [1.165, 1.54) is 31.2 Å². The second-order valence-corrected chi connectivity index (χ2v) is 6.78. The Kier molecular flexibility index (Phi) is 10.6. The molecule has 0 N–H and O–H groups in total. The van der Waals surface area contributed by atoms with Gasteiger partial charge in [-0.1, -0.05) is 26.9 Å². The Morgan fingerprint density at radius 1 is 1.35 bits per heavy atom. The summed E-state index contributed by atoms with van der Waals surface area (Å²) in [6.07, 6.45) is 5.56. The number of hydrogen-bond donors (Lipinski definition) is 0. The molecule has 1 fully saturated rings. The van der Waals surface area contributed by atoms with Gasteiger partial charge in [-0.3, -0.25) is 9.63 Å². The van der Waals surface area contributed by atoms with E-state index in [4.69, 9.17) is 4.84 Å². The van der Waals surface area contributed by atoms with Gasteiger partial charge in [0.25, 0.3) is 0 Å². The molecule has 0 atom stereocenters. The van der Waals surface area contributed by atoms with Crippen LogP contribution in [0.15, 0.2) is 0 Å². The van der Waals surface area contributed by atoms with Crippen LogP contribution in [0.3, 0.4) is 0 Å². The van der Waals surface area contributed by atoms with Crippen molar-refractivity contribution in [1.82, 2.24) is 5.06 Å². The third kappa shape index (κ3) is 9.50. The van der Waals surface area contributed by atoms with E-state index in [0.29, 0.717) is 12.5 Å². The molecule has 1 aliphatic rings. The van der Waals surface area contributed by atoms with Crippen molar-refractivity contribution < 1.29 is 55.0 Å². The molecule has 0 radical (unpaired) electrons. The molecule has 0 saturated heterocycles. The van der Waals surface area contributed by atoms with Crippen LogP contribution in [-0.2, 0) is 14.2 Å². The van der Waals surface area contributed by atoms with Crippen LogP contribution in [-0.4, -0.2) is 30.3 Å². The van der Waals surface area contributed by atoms with Crippen LogP contribution in [0.2, 0.25) is 0 Å². The zero-order valence-electron chi connectivity index (χ0n) is 13.4. The van der Waals surface area contributed by atoms with Gasteiger partial charge in [0.05, 0.1) is 6.61 Å². The molecule has 1 saturated carbocycles. The maximum atomic E-state index is 11.3. The SMILES string of the molecule is CC(=O)N(CCCP(=O)([O-])[O-])OCC1CCCCC1.[H+].[Na+]. The van der Waals surface area contributed by atoms with Gasteiger partial charge < -0.3 is 14.4 Å². The molecule has 1 aliphatic carbocycles. The van der Waals surface area contributed by atoms with Crippen molar-refractivity contribution in [2.75, 3.05) is 19.3 Å². The molecule has 0 aromatic heterocycles. The summed E-state index contributed by atoms with van der Waals surface area (Å²) in [6, 6.07) is 0. The fraction of sp³-hybridized carbons (Fsp3) is 0.917. The third-order valence-electron chi connectivity index (χ3n) is 3.34. The van der Waals surface area contributed by atoms with Crippen LogP contribution in [0, 0.1) is 5.92 Å². The Bertz CT molecular complexity index is 336. The zero-order chi connectivity index (χ0) is 14.3. The second-order valence-electron chi connectivity index (χ2n) is 5.11. The molecule has 0 bridgehead atoms. The minimum Gasteiger partial charge on any atom is -0.811 e. The van der Waals surface area contributed by atoms with Gasteiger partial charge in [0.15, 0.2) is 0 Å². The number of carbonyl (C=O) groups excluding carboxylic acids is 1. The van der Waals surface area contributed by atoms with Crippen LogP contribution in [0.1, 0.15) is 46.9 Å². The van der Waals surface area contributed by atoms with E-state index in [1.807, 2.05) is 0 Å². The monoisotopic (exact) mass is 315 g/mol. The Morgan fingerprint density at radius 2 is 1.95 bits per heavy atom. The Labute approximate surface area is 144 Å². The Hall–Kier alpha value is 0.580. The molecule has 6 nitrogen and oxygen atoms in total. The van der Waals surface area contributed by atoms with Crippen LogP contribution < -0.4 is 39.3 Å². The summed E-state index contributed by atoms with van der Waals surface area (Å²) in [7, 11) is -4.49. The van der Waals surface area contributed by atoms with Crippen molar-refractivity contribution in [2.24, 2.45) is 5.92 Å². The molecule has 0 aromatic carbocycles. The van der Waals surface area contributed by atoms with Gasteiger partial charge in [0.2, 0.25) is 5.91 Å². The first-order valence-electron chi connectivity index (χ1n) is 6.80. The van der Waals surface area contributed by atoms with E-state index in [0.717, 1.165) is 12.8 Å².